The monoisotopic (exact) mass is 405 g/mol. The number of benzene rings is 1. The minimum absolute atomic E-state index is 0. The van der Waals surface area contributed by atoms with E-state index in [9.17, 15) is 0 Å². The van der Waals surface area contributed by atoms with Crippen LogP contribution in [0.1, 0.15) is 38.3 Å². The lowest BCUT2D eigenvalue weighted by atomic mass is 10.1. The smallest absolute Gasteiger partial charge is 0.191 e. The van der Waals surface area contributed by atoms with Gasteiger partial charge in [0.05, 0.1) is 6.61 Å². The Morgan fingerprint density at radius 1 is 1.24 bits per heavy atom. The normalized spacial score (nSPS) is 11.2. The van der Waals surface area contributed by atoms with Crippen LogP contribution in [0.5, 0.6) is 0 Å². The third-order valence-electron chi connectivity index (χ3n) is 2.82. The van der Waals surface area contributed by atoms with Crippen molar-refractivity contribution in [3.05, 3.63) is 35.4 Å². The van der Waals surface area contributed by atoms with Crippen molar-refractivity contribution in [1.29, 1.82) is 0 Å². The number of ether oxygens (including phenoxy) is 1. The molecular formula is C16H28IN3O. The van der Waals surface area contributed by atoms with Crippen LogP contribution in [0.3, 0.4) is 0 Å². The zero-order chi connectivity index (χ0) is 14.8. The molecule has 0 spiro atoms. The molecule has 2 N–H and O–H groups in total. The summed E-state index contributed by atoms with van der Waals surface area (Å²) in [5.41, 5.74) is 2.48. The van der Waals surface area contributed by atoms with E-state index in [1.807, 2.05) is 0 Å². The molecule has 0 fully saturated rings. The van der Waals surface area contributed by atoms with Crippen molar-refractivity contribution in [3.63, 3.8) is 0 Å². The van der Waals surface area contributed by atoms with Crippen molar-refractivity contribution in [1.82, 2.24) is 10.6 Å². The molecule has 0 aliphatic heterocycles. The van der Waals surface area contributed by atoms with E-state index in [1.54, 1.807) is 7.05 Å². The molecular weight excluding hydrogens is 377 g/mol. The van der Waals surface area contributed by atoms with Crippen LogP contribution in [-0.4, -0.2) is 25.7 Å². The summed E-state index contributed by atoms with van der Waals surface area (Å²) in [5, 5.41) is 6.61. The van der Waals surface area contributed by atoms with Crippen LogP contribution in [0.25, 0.3) is 0 Å². The molecule has 0 aromatic heterocycles. The van der Waals surface area contributed by atoms with E-state index in [0.29, 0.717) is 12.6 Å². The first-order valence-electron chi connectivity index (χ1n) is 7.29. The molecule has 0 aliphatic carbocycles. The van der Waals surface area contributed by atoms with Gasteiger partial charge in [-0.3, -0.25) is 4.99 Å². The molecule has 0 saturated carbocycles. The van der Waals surface area contributed by atoms with Crippen LogP contribution in [0.15, 0.2) is 29.3 Å². The van der Waals surface area contributed by atoms with Crippen molar-refractivity contribution in [2.24, 2.45) is 4.99 Å². The molecule has 5 heteroatoms. The molecule has 0 bridgehead atoms. The largest absolute Gasteiger partial charge is 0.377 e. The topological polar surface area (TPSA) is 45.6 Å². The fourth-order valence-corrected chi connectivity index (χ4v) is 1.84. The van der Waals surface area contributed by atoms with Crippen LogP contribution in [0.2, 0.25) is 0 Å². The van der Waals surface area contributed by atoms with Crippen molar-refractivity contribution >= 4 is 29.9 Å². The number of guanidine groups is 1. The zero-order valence-electron chi connectivity index (χ0n) is 13.5. The number of nitrogens with zero attached hydrogens (tertiary/aromatic N) is 1. The standard InChI is InChI=1S/C16H27N3O.HI/c1-5-10-20-12-15-9-7-6-8-14(15)11-18-16(17-4)19-13(2)3;/h6-9,13H,5,10-12H2,1-4H3,(H2,17,18,19);1H. The predicted molar refractivity (Wildman–Crippen MR) is 100 cm³/mol. The second kappa shape index (κ2) is 11.8. The summed E-state index contributed by atoms with van der Waals surface area (Å²) in [6, 6.07) is 8.71. The van der Waals surface area contributed by atoms with Crippen molar-refractivity contribution < 1.29 is 4.74 Å². The number of hydrogen-bond donors (Lipinski definition) is 2. The summed E-state index contributed by atoms with van der Waals surface area (Å²) < 4.78 is 5.63. The van der Waals surface area contributed by atoms with Gasteiger partial charge < -0.3 is 15.4 Å². The van der Waals surface area contributed by atoms with Gasteiger partial charge in [0.15, 0.2) is 5.96 Å². The van der Waals surface area contributed by atoms with Gasteiger partial charge in [0, 0.05) is 26.2 Å². The van der Waals surface area contributed by atoms with E-state index in [0.717, 1.165) is 25.5 Å². The molecule has 120 valence electrons. The van der Waals surface area contributed by atoms with E-state index in [4.69, 9.17) is 4.74 Å². The molecule has 0 radical (unpaired) electrons. The Bertz CT molecular complexity index is 422. The average molecular weight is 405 g/mol. The summed E-state index contributed by atoms with van der Waals surface area (Å²) in [4.78, 5) is 4.21. The molecule has 0 amide bonds. The highest BCUT2D eigenvalue weighted by molar-refractivity contribution is 14.0. The van der Waals surface area contributed by atoms with E-state index in [2.05, 4.69) is 60.7 Å². The lowest BCUT2D eigenvalue weighted by Crippen LogP contribution is -2.40. The quantitative estimate of drug-likeness (QED) is 0.317. The fourth-order valence-electron chi connectivity index (χ4n) is 1.84. The van der Waals surface area contributed by atoms with Gasteiger partial charge in [0.2, 0.25) is 0 Å². The van der Waals surface area contributed by atoms with Gasteiger partial charge in [-0.05, 0) is 31.4 Å². The molecule has 4 nitrogen and oxygen atoms in total. The maximum absolute atomic E-state index is 5.63. The molecule has 0 atom stereocenters. The Labute approximate surface area is 145 Å². The average Bonchev–Trinajstić information content (AvgIpc) is 2.44. The second-order valence-corrected chi connectivity index (χ2v) is 5.05. The van der Waals surface area contributed by atoms with Crippen LogP contribution in [0, 0.1) is 0 Å². The molecule has 1 rings (SSSR count). The third kappa shape index (κ3) is 8.26. The van der Waals surface area contributed by atoms with Gasteiger partial charge in [-0.1, -0.05) is 31.2 Å². The van der Waals surface area contributed by atoms with Gasteiger partial charge in [-0.15, -0.1) is 24.0 Å². The molecule has 21 heavy (non-hydrogen) atoms. The number of nitrogens with one attached hydrogen (secondary N) is 2. The van der Waals surface area contributed by atoms with Crippen molar-refractivity contribution in [2.75, 3.05) is 13.7 Å². The number of halogens is 1. The first-order chi connectivity index (χ1) is 9.67. The van der Waals surface area contributed by atoms with Gasteiger partial charge >= 0.3 is 0 Å². The van der Waals surface area contributed by atoms with Crippen LogP contribution in [0.4, 0.5) is 0 Å². The minimum Gasteiger partial charge on any atom is -0.377 e. The van der Waals surface area contributed by atoms with Crippen LogP contribution < -0.4 is 10.6 Å². The summed E-state index contributed by atoms with van der Waals surface area (Å²) >= 11 is 0. The van der Waals surface area contributed by atoms with E-state index >= 15 is 0 Å². The van der Waals surface area contributed by atoms with E-state index in [1.165, 1.54) is 11.1 Å². The summed E-state index contributed by atoms with van der Waals surface area (Å²) in [6.07, 6.45) is 1.05. The number of aliphatic imine (C=N–C) groups is 1. The molecule has 0 aliphatic rings. The Morgan fingerprint density at radius 3 is 2.48 bits per heavy atom. The molecule has 0 saturated heterocycles. The Balaban J connectivity index is 0.00000400. The highest BCUT2D eigenvalue weighted by Crippen LogP contribution is 2.10. The fraction of sp³-hybridized carbons (Fsp3) is 0.562. The lowest BCUT2D eigenvalue weighted by molar-refractivity contribution is 0.121. The molecule has 0 heterocycles. The maximum Gasteiger partial charge on any atom is 0.191 e. The van der Waals surface area contributed by atoms with Crippen LogP contribution in [-0.2, 0) is 17.9 Å². The van der Waals surface area contributed by atoms with Gasteiger partial charge in [-0.2, -0.15) is 0 Å². The Morgan fingerprint density at radius 2 is 1.90 bits per heavy atom. The first kappa shape index (κ1) is 20.2. The van der Waals surface area contributed by atoms with E-state index < -0.39 is 0 Å². The zero-order valence-corrected chi connectivity index (χ0v) is 15.8. The van der Waals surface area contributed by atoms with Crippen molar-refractivity contribution in [3.8, 4) is 0 Å². The third-order valence-corrected chi connectivity index (χ3v) is 2.82. The Hall–Kier alpha value is -0.820. The van der Waals surface area contributed by atoms with Gasteiger partial charge in [0.1, 0.15) is 0 Å². The SMILES string of the molecule is CCCOCc1ccccc1CNC(=NC)NC(C)C.I. The molecule has 1 aromatic rings. The summed E-state index contributed by atoms with van der Waals surface area (Å²) in [5.74, 6) is 0.823. The summed E-state index contributed by atoms with van der Waals surface area (Å²) in [6.45, 7) is 8.53. The molecule has 0 unspecified atom stereocenters. The van der Waals surface area contributed by atoms with Crippen molar-refractivity contribution in [2.45, 2.75) is 46.4 Å². The maximum atomic E-state index is 5.63. The van der Waals surface area contributed by atoms with Gasteiger partial charge in [-0.25, -0.2) is 0 Å². The minimum atomic E-state index is 0. The first-order valence-corrected chi connectivity index (χ1v) is 7.29. The predicted octanol–water partition coefficient (Wildman–Crippen LogP) is 3.30. The highest BCUT2D eigenvalue weighted by Gasteiger charge is 2.04. The molecule has 1 aromatic carbocycles. The Kier molecular flexibility index (Phi) is 11.3. The number of hydrogen-bond acceptors (Lipinski definition) is 2. The lowest BCUT2D eigenvalue weighted by Gasteiger charge is -2.16. The second-order valence-electron chi connectivity index (χ2n) is 5.05. The number of rotatable bonds is 7. The summed E-state index contributed by atoms with van der Waals surface area (Å²) in [7, 11) is 1.79. The highest BCUT2D eigenvalue weighted by atomic mass is 127. The van der Waals surface area contributed by atoms with Gasteiger partial charge in [0.25, 0.3) is 0 Å². The van der Waals surface area contributed by atoms with Crippen LogP contribution >= 0.6 is 24.0 Å². The van der Waals surface area contributed by atoms with E-state index in [-0.39, 0.29) is 24.0 Å².